The van der Waals surface area contributed by atoms with E-state index < -0.39 is 0 Å². The molecule has 2 fully saturated rings. The molecule has 1 N–H and O–H groups in total. The summed E-state index contributed by atoms with van der Waals surface area (Å²) < 4.78 is 24.9. The van der Waals surface area contributed by atoms with E-state index in [1.807, 2.05) is 6.92 Å². The van der Waals surface area contributed by atoms with Crippen molar-refractivity contribution in [3.05, 3.63) is 24.0 Å². The van der Waals surface area contributed by atoms with Crippen molar-refractivity contribution >= 4 is 5.69 Å². The summed E-state index contributed by atoms with van der Waals surface area (Å²) in [7, 11) is 1.60. The fourth-order valence-corrected chi connectivity index (χ4v) is 3.57. The van der Waals surface area contributed by atoms with E-state index in [0.29, 0.717) is 23.6 Å². The van der Waals surface area contributed by atoms with Gasteiger partial charge in [0, 0.05) is 24.1 Å². The number of methoxy groups -OCH3 is 1. The average molecular weight is 279 g/mol. The van der Waals surface area contributed by atoms with Gasteiger partial charge in [-0.15, -0.1) is 0 Å². The zero-order valence-electron chi connectivity index (χ0n) is 12.1. The van der Waals surface area contributed by atoms with Gasteiger partial charge in [-0.1, -0.05) is 6.42 Å². The summed E-state index contributed by atoms with van der Waals surface area (Å²) in [6, 6.07) is 5.14. The Morgan fingerprint density at radius 2 is 2.20 bits per heavy atom. The van der Waals surface area contributed by atoms with Crippen LogP contribution in [-0.2, 0) is 4.74 Å². The number of halogens is 1. The standard InChI is InChI=1S/C16H22FNO2/c1-3-20-15-10-14(16(15)7-4-8-16)18-13-9-11(19-2)5-6-12(13)17/h5-6,9,14-15,18H,3-4,7-8,10H2,1-2H3. The van der Waals surface area contributed by atoms with Gasteiger partial charge in [-0.05, 0) is 38.3 Å². The van der Waals surface area contributed by atoms with E-state index in [4.69, 9.17) is 9.47 Å². The molecule has 0 aliphatic heterocycles. The summed E-state index contributed by atoms with van der Waals surface area (Å²) in [5.74, 6) is 0.456. The molecule has 1 aromatic rings. The quantitative estimate of drug-likeness (QED) is 0.893. The predicted molar refractivity (Wildman–Crippen MR) is 76.7 cm³/mol. The maximum atomic E-state index is 13.9. The lowest BCUT2D eigenvalue weighted by molar-refractivity contribution is -0.157. The molecule has 0 heterocycles. The molecule has 2 aliphatic rings. The van der Waals surface area contributed by atoms with Crippen LogP contribution in [-0.4, -0.2) is 25.9 Å². The zero-order chi connectivity index (χ0) is 14.2. The normalized spacial score (nSPS) is 26.8. The van der Waals surface area contributed by atoms with Crippen LogP contribution in [0.1, 0.15) is 32.6 Å². The number of hydrogen-bond acceptors (Lipinski definition) is 3. The molecule has 2 unspecified atom stereocenters. The molecule has 0 radical (unpaired) electrons. The first-order chi connectivity index (χ1) is 9.69. The lowest BCUT2D eigenvalue weighted by Crippen LogP contribution is -2.64. The van der Waals surface area contributed by atoms with E-state index in [9.17, 15) is 4.39 Å². The fraction of sp³-hybridized carbons (Fsp3) is 0.625. The minimum absolute atomic E-state index is 0.222. The van der Waals surface area contributed by atoms with Crippen molar-refractivity contribution in [3.63, 3.8) is 0 Å². The Morgan fingerprint density at radius 1 is 1.40 bits per heavy atom. The van der Waals surface area contributed by atoms with Gasteiger partial charge in [-0.3, -0.25) is 0 Å². The van der Waals surface area contributed by atoms with Crippen molar-refractivity contribution in [2.24, 2.45) is 5.41 Å². The molecule has 3 nitrogen and oxygen atoms in total. The maximum Gasteiger partial charge on any atom is 0.146 e. The van der Waals surface area contributed by atoms with Crippen molar-refractivity contribution in [1.82, 2.24) is 0 Å². The van der Waals surface area contributed by atoms with Gasteiger partial charge >= 0.3 is 0 Å². The van der Waals surface area contributed by atoms with Crippen LogP contribution in [0, 0.1) is 11.2 Å². The van der Waals surface area contributed by atoms with Crippen molar-refractivity contribution in [2.45, 2.75) is 44.8 Å². The van der Waals surface area contributed by atoms with E-state index in [0.717, 1.165) is 13.0 Å². The highest BCUT2D eigenvalue weighted by atomic mass is 19.1. The Hall–Kier alpha value is -1.29. The third-order valence-electron chi connectivity index (χ3n) is 4.94. The molecule has 20 heavy (non-hydrogen) atoms. The molecule has 0 amide bonds. The van der Waals surface area contributed by atoms with Crippen LogP contribution in [0.5, 0.6) is 5.75 Å². The van der Waals surface area contributed by atoms with E-state index >= 15 is 0 Å². The average Bonchev–Trinajstić information content (AvgIpc) is 2.37. The molecule has 4 heteroatoms. The fourth-order valence-electron chi connectivity index (χ4n) is 3.57. The molecule has 0 saturated heterocycles. The molecular formula is C16H22FNO2. The van der Waals surface area contributed by atoms with E-state index in [1.54, 1.807) is 19.2 Å². The van der Waals surface area contributed by atoms with Crippen LogP contribution in [0.2, 0.25) is 0 Å². The molecule has 0 aromatic heterocycles. The first-order valence-electron chi connectivity index (χ1n) is 7.41. The first-order valence-corrected chi connectivity index (χ1v) is 7.41. The minimum atomic E-state index is -0.222. The van der Waals surface area contributed by atoms with Gasteiger partial charge in [0.05, 0.1) is 18.9 Å². The highest BCUT2D eigenvalue weighted by Gasteiger charge is 2.59. The lowest BCUT2D eigenvalue weighted by Gasteiger charge is -2.61. The van der Waals surface area contributed by atoms with Crippen LogP contribution in [0.25, 0.3) is 0 Å². The second kappa shape index (κ2) is 5.24. The number of anilines is 1. The number of rotatable bonds is 5. The maximum absolute atomic E-state index is 13.9. The van der Waals surface area contributed by atoms with Crippen LogP contribution in [0.15, 0.2) is 18.2 Å². The summed E-state index contributed by atoms with van der Waals surface area (Å²) in [5, 5.41) is 3.37. The van der Waals surface area contributed by atoms with Crippen LogP contribution >= 0.6 is 0 Å². The van der Waals surface area contributed by atoms with Crippen LogP contribution in [0.4, 0.5) is 10.1 Å². The largest absolute Gasteiger partial charge is 0.497 e. The zero-order valence-corrected chi connectivity index (χ0v) is 12.1. The van der Waals surface area contributed by atoms with Crippen molar-refractivity contribution in [1.29, 1.82) is 0 Å². The third-order valence-corrected chi connectivity index (χ3v) is 4.94. The van der Waals surface area contributed by atoms with Crippen LogP contribution < -0.4 is 10.1 Å². The Balaban J connectivity index is 1.72. The first kappa shape index (κ1) is 13.7. The van der Waals surface area contributed by atoms with Crippen molar-refractivity contribution in [2.75, 3.05) is 19.0 Å². The molecule has 3 rings (SSSR count). The predicted octanol–water partition coefficient (Wildman–Crippen LogP) is 3.59. The number of hydrogen-bond donors (Lipinski definition) is 1. The Bertz CT molecular complexity index is 487. The summed E-state index contributed by atoms with van der Waals surface area (Å²) in [5.41, 5.74) is 0.765. The molecule has 1 spiro atoms. The van der Waals surface area contributed by atoms with Crippen LogP contribution in [0.3, 0.4) is 0 Å². The lowest BCUT2D eigenvalue weighted by atomic mass is 9.51. The summed E-state index contributed by atoms with van der Waals surface area (Å²) in [6.45, 7) is 2.79. The Labute approximate surface area is 119 Å². The van der Waals surface area contributed by atoms with Gasteiger partial charge in [-0.2, -0.15) is 0 Å². The number of nitrogens with one attached hydrogen (secondary N) is 1. The topological polar surface area (TPSA) is 30.5 Å². The second-order valence-electron chi connectivity index (χ2n) is 5.81. The summed E-state index contributed by atoms with van der Waals surface area (Å²) >= 11 is 0. The molecule has 2 atom stereocenters. The van der Waals surface area contributed by atoms with Gasteiger partial charge in [-0.25, -0.2) is 4.39 Å². The minimum Gasteiger partial charge on any atom is -0.497 e. The molecule has 0 bridgehead atoms. The number of ether oxygens (including phenoxy) is 2. The van der Waals surface area contributed by atoms with Crippen molar-refractivity contribution < 1.29 is 13.9 Å². The van der Waals surface area contributed by atoms with Gasteiger partial charge in [0.1, 0.15) is 11.6 Å². The van der Waals surface area contributed by atoms with Gasteiger partial charge < -0.3 is 14.8 Å². The highest BCUT2D eigenvalue weighted by molar-refractivity contribution is 5.51. The summed E-state index contributed by atoms with van der Waals surface area (Å²) in [6.07, 6.45) is 4.92. The molecule has 110 valence electrons. The van der Waals surface area contributed by atoms with E-state index in [-0.39, 0.29) is 11.2 Å². The highest BCUT2D eigenvalue weighted by Crippen LogP contribution is 2.58. The van der Waals surface area contributed by atoms with Gasteiger partial charge in [0.15, 0.2) is 0 Å². The monoisotopic (exact) mass is 279 g/mol. The third kappa shape index (κ3) is 2.06. The SMILES string of the molecule is CCOC1CC(Nc2cc(OC)ccc2F)C12CCC2. The summed E-state index contributed by atoms with van der Waals surface area (Å²) in [4.78, 5) is 0. The van der Waals surface area contributed by atoms with Gasteiger partial charge in [0.2, 0.25) is 0 Å². The van der Waals surface area contributed by atoms with E-state index in [1.165, 1.54) is 25.3 Å². The smallest absolute Gasteiger partial charge is 0.146 e. The molecular weight excluding hydrogens is 257 g/mol. The van der Waals surface area contributed by atoms with E-state index in [2.05, 4.69) is 5.32 Å². The van der Waals surface area contributed by atoms with Gasteiger partial charge in [0.25, 0.3) is 0 Å². The molecule has 2 aliphatic carbocycles. The Kier molecular flexibility index (Phi) is 3.59. The van der Waals surface area contributed by atoms with Crippen molar-refractivity contribution in [3.8, 4) is 5.75 Å². The molecule has 1 aromatic carbocycles. The Morgan fingerprint density at radius 3 is 2.80 bits per heavy atom. The molecule has 2 saturated carbocycles. The second-order valence-corrected chi connectivity index (χ2v) is 5.81. The number of benzene rings is 1.